The van der Waals surface area contributed by atoms with E-state index < -0.39 is 0 Å². The first-order valence-electron chi connectivity index (χ1n) is 11.4. The Labute approximate surface area is 198 Å². The fourth-order valence-corrected chi connectivity index (χ4v) is 4.10. The van der Waals surface area contributed by atoms with Crippen LogP contribution in [0.4, 0.5) is 0 Å². The molecule has 0 aliphatic carbocycles. The second-order valence-corrected chi connectivity index (χ2v) is 8.64. The van der Waals surface area contributed by atoms with E-state index in [-0.39, 0.29) is 5.91 Å². The summed E-state index contributed by atoms with van der Waals surface area (Å²) in [7, 11) is 0. The van der Waals surface area contributed by atoms with E-state index in [4.69, 9.17) is 9.40 Å². The minimum absolute atomic E-state index is 0.175. The number of aromatic nitrogens is 3. The van der Waals surface area contributed by atoms with Crippen LogP contribution >= 0.6 is 0 Å². The predicted molar refractivity (Wildman–Crippen MR) is 133 cm³/mol. The van der Waals surface area contributed by atoms with Gasteiger partial charge in [-0.2, -0.15) is 5.10 Å². The van der Waals surface area contributed by atoms with E-state index in [1.165, 1.54) is 5.56 Å². The quantitative estimate of drug-likeness (QED) is 0.342. The fourth-order valence-electron chi connectivity index (χ4n) is 4.10. The summed E-state index contributed by atoms with van der Waals surface area (Å²) in [5.41, 5.74) is 6.17. The smallest absolute Gasteiger partial charge is 0.252 e. The third-order valence-electron chi connectivity index (χ3n) is 6.05. The fraction of sp³-hybridized carbons (Fsp3) is 0.179. The van der Waals surface area contributed by atoms with Crippen LogP contribution in [-0.4, -0.2) is 20.7 Å². The van der Waals surface area contributed by atoms with Gasteiger partial charge >= 0.3 is 0 Å². The summed E-state index contributed by atoms with van der Waals surface area (Å²) < 4.78 is 7.25. The lowest BCUT2D eigenvalue weighted by Crippen LogP contribution is -2.23. The predicted octanol–water partition coefficient (Wildman–Crippen LogP) is 6.04. The van der Waals surface area contributed by atoms with Gasteiger partial charge in [-0.1, -0.05) is 44.2 Å². The molecule has 2 aromatic carbocycles. The number of furan rings is 1. The molecule has 0 spiro atoms. The van der Waals surface area contributed by atoms with Gasteiger partial charge < -0.3 is 9.73 Å². The van der Waals surface area contributed by atoms with Crippen LogP contribution in [0.5, 0.6) is 0 Å². The Balaban J connectivity index is 1.52. The maximum Gasteiger partial charge on any atom is 0.252 e. The third kappa shape index (κ3) is 4.10. The molecule has 0 saturated carbocycles. The highest BCUT2D eigenvalue weighted by Gasteiger charge is 2.17. The highest BCUT2D eigenvalue weighted by molar-refractivity contribution is 6.07. The molecule has 0 atom stereocenters. The Kier molecular flexibility index (Phi) is 5.72. The molecule has 3 aromatic heterocycles. The molecular weight excluding hydrogens is 424 g/mol. The summed E-state index contributed by atoms with van der Waals surface area (Å²) in [6.07, 6.45) is 3.41. The third-order valence-corrected chi connectivity index (χ3v) is 6.05. The number of nitrogens with zero attached hydrogens (tertiary/aromatic N) is 3. The molecule has 0 unspecified atom stereocenters. The normalized spacial score (nSPS) is 11.3. The minimum atomic E-state index is -0.175. The molecule has 0 saturated heterocycles. The van der Waals surface area contributed by atoms with Crippen molar-refractivity contribution >= 4 is 16.8 Å². The van der Waals surface area contributed by atoms with Crippen molar-refractivity contribution in [1.82, 2.24) is 20.1 Å². The average molecular weight is 451 g/mol. The molecule has 6 nitrogen and oxygen atoms in total. The van der Waals surface area contributed by atoms with E-state index in [1.807, 2.05) is 54.2 Å². The van der Waals surface area contributed by atoms with Gasteiger partial charge in [0.15, 0.2) is 0 Å². The highest BCUT2D eigenvalue weighted by Crippen LogP contribution is 2.28. The first-order chi connectivity index (χ1) is 16.5. The molecule has 3 heterocycles. The molecule has 0 radical (unpaired) electrons. The van der Waals surface area contributed by atoms with Crippen LogP contribution < -0.4 is 5.32 Å². The van der Waals surface area contributed by atoms with Crippen LogP contribution in [0.25, 0.3) is 27.8 Å². The average Bonchev–Trinajstić information content (AvgIpc) is 3.51. The zero-order chi connectivity index (χ0) is 23.7. The van der Waals surface area contributed by atoms with E-state index >= 15 is 0 Å². The highest BCUT2D eigenvalue weighted by atomic mass is 16.3. The van der Waals surface area contributed by atoms with E-state index in [2.05, 4.69) is 48.5 Å². The van der Waals surface area contributed by atoms with Crippen molar-refractivity contribution in [3.63, 3.8) is 0 Å². The molecule has 0 aliphatic heterocycles. The lowest BCUT2D eigenvalue weighted by Gasteiger charge is -2.11. The van der Waals surface area contributed by atoms with Gasteiger partial charge in [0.05, 0.1) is 47.2 Å². The SMILES string of the molecule is Cc1c(-c2cc(C(=O)NCc3ccco3)c3ccccc3n2)cnn1-c1ccc(C(C)C)cc1. The van der Waals surface area contributed by atoms with Crippen LogP contribution in [-0.2, 0) is 6.54 Å². The van der Waals surface area contributed by atoms with Crippen molar-refractivity contribution in [2.24, 2.45) is 0 Å². The van der Waals surface area contributed by atoms with Crippen molar-refractivity contribution in [3.05, 3.63) is 102 Å². The van der Waals surface area contributed by atoms with Crippen molar-refractivity contribution in [1.29, 1.82) is 0 Å². The minimum Gasteiger partial charge on any atom is -0.467 e. The monoisotopic (exact) mass is 450 g/mol. The first kappa shape index (κ1) is 21.6. The van der Waals surface area contributed by atoms with Crippen LogP contribution in [0, 0.1) is 6.92 Å². The molecule has 6 heteroatoms. The zero-order valence-corrected chi connectivity index (χ0v) is 19.4. The lowest BCUT2D eigenvalue weighted by atomic mass is 10.0. The van der Waals surface area contributed by atoms with Crippen molar-refractivity contribution < 1.29 is 9.21 Å². The van der Waals surface area contributed by atoms with Crippen molar-refractivity contribution in [3.8, 4) is 16.9 Å². The lowest BCUT2D eigenvalue weighted by molar-refractivity contribution is 0.0949. The molecule has 0 aliphatic rings. The number of hydrogen-bond donors (Lipinski definition) is 1. The standard InChI is InChI=1S/C28H26N4O2/c1-18(2)20-10-12-21(13-11-20)32-19(3)25(17-30-32)27-15-24(23-8-4-5-9-26(23)31-27)28(33)29-16-22-7-6-14-34-22/h4-15,17-18H,16H2,1-3H3,(H,29,33). The molecule has 1 N–H and O–H groups in total. The van der Waals surface area contributed by atoms with Crippen LogP contribution in [0.2, 0.25) is 0 Å². The molecule has 170 valence electrons. The van der Waals surface area contributed by atoms with Crippen LogP contribution in [0.1, 0.15) is 47.1 Å². The first-order valence-corrected chi connectivity index (χ1v) is 11.4. The van der Waals surface area contributed by atoms with Gasteiger partial charge in [-0.15, -0.1) is 0 Å². The Bertz CT molecular complexity index is 1450. The molecular formula is C28H26N4O2. The van der Waals surface area contributed by atoms with Gasteiger partial charge in [-0.05, 0) is 54.8 Å². The number of fused-ring (bicyclic) bond motifs is 1. The topological polar surface area (TPSA) is 73.0 Å². The number of carbonyl (C=O) groups is 1. The van der Waals surface area contributed by atoms with Gasteiger partial charge in [0.1, 0.15) is 5.76 Å². The van der Waals surface area contributed by atoms with E-state index in [0.717, 1.165) is 27.8 Å². The van der Waals surface area contributed by atoms with Crippen LogP contribution in [0.3, 0.4) is 0 Å². The van der Waals surface area contributed by atoms with Gasteiger partial charge in [0.2, 0.25) is 0 Å². The summed E-state index contributed by atoms with van der Waals surface area (Å²) in [5, 5.41) is 8.38. The second kappa shape index (κ2) is 8.98. The van der Waals surface area contributed by atoms with Gasteiger partial charge in [-0.25, -0.2) is 9.67 Å². The summed E-state index contributed by atoms with van der Waals surface area (Å²) >= 11 is 0. The van der Waals surface area contributed by atoms with Crippen molar-refractivity contribution in [2.45, 2.75) is 33.2 Å². The number of hydrogen-bond acceptors (Lipinski definition) is 4. The molecule has 0 bridgehead atoms. The maximum absolute atomic E-state index is 13.1. The number of pyridine rings is 1. The van der Waals surface area contributed by atoms with E-state index in [9.17, 15) is 4.79 Å². The molecule has 1 amide bonds. The van der Waals surface area contributed by atoms with Crippen LogP contribution in [0.15, 0.2) is 83.6 Å². The molecule has 34 heavy (non-hydrogen) atoms. The molecule has 5 aromatic rings. The Morgan fingerprint density at radius 2 is 1.85 bits per heavy atom. The number of rotatable bonds is 6. The largest absolute Gasteiger partial charge is 0.467 e. The number of benzene rings is 2. The van der Waals surface area contributed by atoms with Gasteiger partial charge in [0, 0.05) is 10.9 Å². The number of carbonyl (C=O) groups excluding carboxylic acids is 1. The molecule has 5 rings (SSSR count). The van der Waals surface area contributed by atoms with Gasteiger partial charge in [0.25, 0.3) is 5.91 Å². The summed E-state index contributed by atoms with van der Waals surface area (Å²) in [4.78, 5) is 18.0. The van der Waals surface area contributed by atoms with Gasteiger partial charge in [-0.3, -0.25) is 4.79 Å². The Morgan fingerprint density at radius 1 is 1.06 bits per heavy atom. The number of amides is 1. The number of para-hydroxylation sites is 1. The van der Waals surface area contributed by atoms with Crippen molar-refractivity contribution in [2.75, 3.05) is 0 Å². The van der Waals surface area contributed by atoms with E-state index in [1.54, 1.807) is 12.3 Å². The Morgan fingerprint density at radius 3 is 2.59 bits per heavy atom. The van der Waals surface area contributed by atoms with E-state index in [0.29, 0.717) is 29.5 Å². The zero-order valence-electron chi connectivity index (χ0n) is 19.4. The molecule has 0 fully saturated rings. The maximum atomic E-state index is 13.1. The second-order valence-electron chi connectivity index (χ2n) is 8.64. The summed E-state index contributed by atoms with van der Waals surface area (Å²) in [6.45, 7) is 6.70. The summed E-state index contributed by atoms with van der Waals surface area (Å²) in [6, 6.07) is 21.6. The number of nitrogens with one attached hydrogen (secondary N) is 1. The summed E-state index contributed by atoms with van der Waals surface area (Å²) in [5.74, 6) is 1.00. The Hall–Kier alpha value is -4.19.